The number of aromatic nitrogens is 1. The minimum absolute atomic E-state index is 0.315. The molecular formula is C17H13Cl2N3O2. The fourth-order valence-corrected chi connectivity index (χ4v) is 2.73. The van der Waals surface area contributed by atoms with Crippen LogP contribution >= 0.6 is 23.2 Å². The number of carbonyl (C=O) groups excluding carboxylic acids is 2. The van der Waals surface area contributed by atoms with E-state index in [0.29, 0.717) is 21.3 Å². The predicted molar refractivity (Wildman–Crippen MR) is 95.9 cm³/mol. The number of amides is 3. The van der Waals surface area contributed by atoms with Crippen LogP contribution in [0.25, 0.3) is 10.9 Å². The molecule has 1 heterocycles. The Bertz CT molecular complexity index is 950. The van der Waals surface area contributed by atoms with Gasteiger partial charge in [0.25, 0.3) is 5.91 Å². The monoisotopic (exact) mass is 361 g/mol. The molecule has 5 nitrogen and oxygen atoms in total. The van der Waals surface area contributed by atoms with E-state index in [2.05, 4.69) is 10.6 Å². The van der Waals surface area contributed by atoms with Crippen molar-refractivity contribution in [3.63, 3.8) is 0 Å². The van der Waals surface area contributed by atoms with Crippen molar-refractivity contribution in [3.8, 4) is 0 Å². The summed E-state index contributed by atoms with van der Waals surface area (Å²) in [7, 11) is 1.84. The van der Waals surface area contributed by atoms with Gasteiger partial charge in [0, 0.05) is 29.8 Å². The number of nitrogens with zero attached hydrogens (tertiary/aromatic N) is 1. The lowest BCUT2D eigenvalue weighted by Gasteiger charge is -2.07. The topological polar surface area (TPSA) is 63.1 Å². The lowest BCUT2D eigenvalue weighted by atomic mass is 10.1. The molecule has 0 unspecified atom stereocenters. The molecule has 0 atom stereocenters. The number of rotatable bonds is 2. The number of anilines is 1. The first-order valence-corrected chi connectivity index (χ1v) is 7.83. The number of hydrogen-bond donors (Lipinski definition) is 2. The lowest BCUT2D eigenvalue weighted by Crippen LogP contribution is -2.34. The molecule has 3 amide bonds. The highest BCUT2D eigenvalue weighted by Gasteiger charge is 2.16. The molecule has 0 fully saturated rings. The molecule has 3 aromatic rings. The van der Waals surface area contributed by atoms with Crippen molar-refractivity contribution in [3.05, 3.63) is 64.3 Å². The molecule has 0 spiro atoms. The van der Waals surface area contributed by atoms with Crippen LogP contribution in [-0.4, -0.2) is 16.5 Å². The van der Waals surface area contributed by atoms with Gasteiger partial charge in [-0.05, 0) is 24.3 Å². The fourth-order valence-electron chi connectivity index (χ4n) is 2.43. The average Bonchev–Trinajstić information content (AvgIpc) is 2.88. The molecule has 0 saturated heterocycles. The van der Waals surface area contributed by atoms with E-state index in [9.17, 15) is 9.59 Å². The molecule has 3 rings (SSSR count). The molecule has 0 aliphatic rings. The third-order valence-corrected chi connectivity index (χ3v) is 4.29. The van der Waals surface area contributed by atoms with Crippen LogP contribution in [0, 0.1) is 0 Å². The number of urea groups is 1. The zero-order valence-corrected chi connectivity index (χ0v) is 14.2. The highest BCUT2D eigenvalue weighted by molar-refractivity contribution is 6.42. The Hall–Kier alpha value is -2.50. The molecule has 0 bridgehead atoms. The molecule has 2 N–H and O–H groups in total. The van der Waals surface area contributed by atoms with E-state index in [1.807, 2.05) is 35.9 Å². The second-order valence-electron chi connectivity index (χ2n) is 5.21. The number of hydrogen-bond acceptors (Lipinski definition) is 2. The second kappa shape index (κ2) is 6.55. The third kappa shape index (κ3) is 3.22. The van der Waals surface area contributed by atoms with Crippen molar-refractivity contribution in [2.45, 2.75) is 0 Å². The molecule has 122 valence electrons. The number of halogens is 2. The molecule has 2 aromatic carbocycles. The maximum Gasteiger partial charge on any atom is 0.326 e. The normalized spacial score (nSPS) is 10.6. The lowest BCUT2D eigenvalue weighted by molar-refractivity contribution is 0.0968. The van der Waals surface area contributed by atoms with Gasteiger partial charge in [0.2, 0.25) is 0 Å². The zero-order chi connectivity index (χ0) is 17.3. The summed E-state index contributed by atoms with van der Waals surface area (Å²) in [6.45, 7) is 0. The van der Waals surface area contributed by atoms with Crippen LogP contribution in [0.2, 0.25) is 10.0 Å². The van der Waals surface area contributed by atoms with Gasteiger partial charge >= 0.3 is 6.03 Å². The summed E-state index contributed by atoms with van der Waals surface area (Å²) in [5, 5.41) is 6.33. The Labute approximate surface area is 148 Å². The van der Waals surface area contributed by atoms with E-state index in [4.69, 9.17) is 23.2 Å². The maximum atomic E-state index is 12.4. The van der Waals surface area contributed by atoms with Crippen LogP contribution < -0.4 is 10.6 Å². The van der Waals surface area contributed by atoms with E-state index in [-0.39, 0.29) is 0 Å². The molecular weight excluding hydrogens is 349 g/mol. The number of fused-ring (bicyclic) bond motifs is 1. The highest BCUT2D eigenvalue weighted by atomic mass is 35.5. The number of carbonyl (C=O) groups is 2. The van der Waals surface area contributed by atoms with Crippen LogP contribution in [0.3, 0.4) is 0 Å². The summed E-state index contributed by atoms with van der Waals surface area (Å²) in [5.41, 5.74) is 1.78. The van der Waals surface area contributed by atoms with Crippen molar-refractivity contribution < 1.29 is 9.59 Å². The number of para-hydroxylation sites is 1. The minimum atomic E-state index is -0.647. The summed E-state index contributed by atoms with van der Waals surface area (Å²) >= 11 is 11.7. The van der Waals surface area contributed by atoms with Gasteiger partial charge in [0.15, 0.2) is 0 Å². The smallest absolute Gasteiger partial charge is 0.326 e. The second-order valence-corrected chi connectivity index (χ2v) is 6.02. The zero-order valence-electron chi connectivity index (χ0n) is 12.6. The van der Waals surface area contributed by atoms with E-state index in [1.165, 1.54) is 6.07 Å². The Morgan fingerprint density at radius 3 is 2.54 bits per heavy atom. The summed E-state index contributed by atoms with van der Waals surface area (Å²) in [6, 6.07) is 11.5. The molecule has 24 heavy (non-hydrogen) atoms. The number of nitrogens with one attached hydrogen (secondary N) is 2. The average molecular weight is 362 g/mol. The van der Waals surface area contributed by atoms with Crippen molar-refractivity contribution in [1.29, 1.82) is 0 Å². The summed E-state index contributed by atoms with van der Waals surface area (Å²) < 4.78 is 1.83. The first-order valence-electron chi connectivity index (χ1n) is 7.07. The number of imide groups is 1. The molecule has 0 radical (unpaired) electrons. The Kier molecular flexibility index (Phi) is 4.46. The van der Waals surface area contributed by atoms with Gasteiger partial charge in [-0.25, -0.2) is 4.79 Å². The Balaban J connectivity index is 1.76. The first-order chi connectivity index (χ1) is 11.5. The van der Waals surface area contributed by atoms with E-state index >= 15 is 0 Å². The van der Waals surface area contributed by atoms with Crippen molar-refractivity contribution in [1.82, 2.24) is 9.88 Å². The van der Waals surface area contributed by atoms with Crippen molar-refractivity contribution >= 4 is 51.7 Å². The number of benzene rings is 2. The third-order valence-electron chi connectivity index (χ3n) is 3.55. The van der Waals surface area contributed by atoms with Crippen molar-refractivity contribution in [2.75, 3.05) is 5.32 Å². The predicted octanol–water partition coefficient (Wildman–Crippen LogP) is 4.45. The van der Waals surface area contributed by atoms with Crippen LogP contribution in [0.5, 0.6) is 0 Å². The molecule has 0 aliphatic carbocycles. The fraction of sp³-hybridized carbons (Fsp3) is 0.0588. The van der Waals surface area contributed by atoms with Gasteiger partial charge in [0.05, 0.1) is 15.6 Å². The van der Waals surface area contributed by atoms with Gasteiger partial charge in [-0.15, -0.1) is 0 Å². The van der Waals surface area contributed by atoms with Crippen molar-refractivity contribution in [2.24, 2.45) is 7.05 Å². The highest BCUT2D eigenvalue weighted by Crippen LogP contribution is 2.25. The van der Waals surface area contributed by atoms with Crippen LogP contribution in [0.1, 0.15) is 10.4 Å². The van der Waals surface area contributed by atoms with E-state index in [1.54, 1.807) is 18.3 Å². The van der Waals surface area contributed by atoms with Crippen LogP contribution in [-0.2, 0) is 7.05 Å². The largest absolute Gasteiger partial charge is 0.350 e. The quantitative estimate of drug-likeness (QED) is 0.708. The van der Waals surface area contributed by atoms with Gasteiger partial charge in [-0.2, -0.15) is 0 Å². The minimum Gasteiger partial charge on any atom is -0.350 e. The molecule has 0 saturated carbocycles. The van der Waals surface area contributed by atoms with E-state index in [0.717, 1.165) is 10.9 Å². The first kappa shape index (κ1) is 16.4. The summed E-state index contributed by atoms with van der Waals surface area (Å²) in [6.07, 6.45) is 1.69. The van der Waals surface area contributed by atoms with Gasteiger partial charge in [0.1, 0.15) is 0 Å². The Morgan fingerprint density at radius 1 is 1.04 bits per heavy atom. The van der Waals surface area contributed by atoms with Gasteiger partial charge < -0.3 is 9.88 Å². The number of aryl methyl sites for hydroxylation is 1. The molecule has 0 aliphatic heterocycles. The summed E-state index contributed by atoms with van der Waals surface area (Å²) in [5.74, 6) is -0.482. The van der Waals surface area contributed by atoms with Gasteiger partial charge in [-0.1, -0.05) is 41.4 Å². The maximum absolute atomic E-state index is 12.4. The standard InChI is InChI=1S/C17H13Cl2N3O2/c1-22-9-12(11-4-2-3-5-15(11)22)16(23)21-17(24)20-10-6-7-13(18)14(19)8-10/h2-9H,1H3,(H2,20,21,23,24). The van der Waals surface area contributed by atoms with Crippen LogP contribution in [0.15, 0.2) is 48.7 Å². The molecule has 1 aromatic heterocycles. The summed E-state index contributed by atoms with van der Waals surface area (Å²) in [4.78, 5) is 24.4. The van der Waals surface area contributed by atoms with E-state index < -0.39 is 11.9 Å². The van der Waals surface area contributed by atoms with Gasteiger partial charge in [-0.3, -0.25) is 10.1 Å². The Morgan fingerprint density at radius 2 is 1.79 bits per heavy atom. The molecule has 7 heteroatoms. The van der Waals surface area contributed by atoms with Crippen LogP contribution in [0.4, 0.5) is 10.5 Å². The SMILES string of the molecule is Cn1cc(C(=O)NC(=O)Nc2ccc(Cl)c(Cl)c2)c2ccccc21.